The Balaban J connectivity index is 0.707. The second-order valence-electron chi connectivity index (χ2n) is 19.5. The normalized spacial score (nSPS) is 24.5. The van der Waals surface area contributed by atoms with Gasteiger partial charge in [-0.3, -0.25) is 43.9 Å². The number of hydrogen-bond donors (Lipinski definition) is 3. The number of carbonyl (C=O) groups is 5. The van der Waals surface area contributed by atoms with Crippen molar-refractivity contribution < 1.29 is 33.4 Å². The van der Waals surface area contributed by atoms with E-state index in [1.54, 1.807) is 22.9 Å². The van der Waals surface area contributed by atoms with Gasteiger partial charge in [0.1, 0.15) is 11.1 Å². The molecule has 10 rings (SSSR count). The number of fused-ring (bicyclic) bond motifs is 2. The fourth-order valence-electron chi connectivity index (χ4n) is 11.1. The number of benzene rings is 2. The number of rotatable bonds is 12. The first-order valence-corrected chi connectivity index (χ1v) is 24.2. The Morgan fingerprint density at radius 1 is 0.912 bits per heavy atom. The van der Waals surface area contributed by atoms with Gasteiger partial charge < -0.3 is 34.5 Å². The Morgan fingerprint density at radius 2 is 1.71 bits per heavy atom. The predicted molar refractivity (Wildman–Crippen MR) is 255 cm³/mol. The summed E-state index contributed by atoms with van der Waals surface area (Å²) in [7, 11) is 1.51. The number of halogens is 1. The smallest absolute Gasteiger partial charge is 0.293 e. The van der Waals surface area contributed by atoms with Crippen LogP contribution in [0.25, 0.3) is 10.9 Å². The fourth-order valence-corrected chi connectivity index (χ4v) is 11.2. The number of pyridine rings is 1. The Hall–Kier alpha value is -6.11. The minimum atomic E-state index is -0.979. The molecule has 3 N–H and O–H groups in total. The van der Waals surface area contributed by atoms with Gasteiger partial charge in [0.15, 0.2) is 18.2 Å². The van der Waals surface area contributed by atoms with E-state index in [4.69, 9.17) is 26.1 Å². The number of aromatic nitrogens is 3. The highest BCUT2D eigenvalue weighted by molar-refractivity contribution is 6.33. The number of imide groups is 2. The zero-order valence-corrected chi connectivity index (χ0v) is 39.3. The largest absolute Gasteiger partial charge is 0.478 e. The summed E-state index contributed by atoms with van der Waals surface area (Å²) in [5.41, 5.74) is 2.82. The third kappa shape index (κ3) is 8.77. The molecule has 0 bridgehead atoms. The average Bonchev–Trinajstić information content (AvgIpc) is 3.83. The highest BCUT2D eigenvalue weighted by Gasteiger charge is 2.48. The predicted octanol–water partition coefficient (Wildman–Crippen LogP) is 4.80. The number of amides is 5. The lowest BCUT2D eigenvalue weighted by atomic mass is 9.76. The van der Waals surface area contributed by atoms with Crippen LogP contribution in [0, 0.1) is 5.41 Å². The molecule has 18 nitrogen and oxygen atoms in total. The number of hydrogen-bond acceptors (Lipinski definition) is 14. The number of nitrogens with one attached hydrogen (secondary N) is 3. The summed E-state index contributed by atoms with van der Waals surface area (Å²) in [6.45, 7) is 8.94. The van der Waals surface area contributed by atoms with Crippen molar-refractivity contribution in [1.29, 1.82) is 0 Å². The molecular weight excluding hydrogens is 892 g/mol. The lowest BCUT2D eigenvalue weighted by Crippen LogP contribution is -2.55. The molecule has 358 valence electrons. The Labute approximate surface area is 398 Å². The molecule has 1 spiro atoms. The van der Waals surface area contributed by atoms with Crippen LogP contribution >= 0.6 is 11.6 Å². The molecule has 0 radical (unpaired) electrons. The van der Waals surface area contributed by atoms with Crippen LogP contribution in [0.4, 0.5) is 23.1 Å². The summed E-state index contributed by atoms with van der Waals surface area (Å²) in [5.74, 6) is -1.16. The van der Waals surface area contributed by atoms with Gasteiger partial charge >= 0.3 is 0 Å². The van der Waals surface area contributed by atoms with E-state index in [9.17, 15) is 28.8 Å². The lowest BCUT2D eigenvalue weighted by Gasteiger charge is -2.50. The first-order valence-electron chi connectivity index (χ1n) is 23.8. The topological polar surface area (TPSA) is 201 Å². The van der Waals surface area contributed by atoms with E-state index in [0.717, 1.165) is 106 Å². The molecule has 1 aliphatic carbocycles. The first kappa shape index (κ1) is 45.7. The maximum atomic E-state index is 13.5. The fraction of sp³-hybridized carbons (Fsp3) is 0.510. The van der Waals surface area contributed by atoms with Gasteiger partial charge in [0, 0.05) is 80.5 Å². The average molecular weight is 950 g/mol. The van der Waals surface area contributed by atoms with Gasteiger partial charge in [-0.25, -0.2) is 4.98 Å². The Kier molecular flexibility index (Phi) is 12.4. The molecule has 6 aliphatic rings. The van der Waals surface area contributed by atoms with Crippen LogP contribution in [-0.4, -0.2) is 131 Å². The number of likely N-dealkylation sites (tertiary alicyclic amines) is 1. The monoisotopic (exact) mass is 948 g/mol. The molecule has 4 saturated heterocycles. The lowest BCUT2D eigenvalue weighted by molar-refractivity contribution is -0.136. The zero-order chi connectivity index (χ0) is 47.4. The zero-order valence-electron chi connectivity index (χ0n) is 38.6. The van der Waals surface area contributed by atoms with Crippen LogP contribution in [0.5, 0.6) is 5.75 Å². The van der Waals surface area contributed by atoms with Gasteiger partial charge in [-0.1, -0.05) is 11.6 Å². The summed E-state index contributed by atoms with van der Waals surface area (Å²) < 4.78 is 14.0. The van der Waals surface area contributed by atoms with Crippen LogP contribution in [0.2, 0.25) is 5.02 Å². The van der Waals surface area contributed by atoms with Gasteiger partial charge in [0.25, 0.3) is 23.3 Å². The first-order chi connectivity index (χ1) is 32.8. The van der Waals surface area contributed by atoms with Crippen molar-refractivity contribution in [2.45, 2.75) is 102 Å². The van der Waals surface area contributed by atoms with Crippen molar-refractivity contribution in [1.82, 2.24) is 35.0 Å². The van der Waals surface area contributed by atoms with Gasteiger partial charge in [-0.05, 0) is 114 Å². The van der Waals surface area contributed by atoms with E-state index >= 15 is 0 Å². The molecule has 5 fully saturated rings. The van der Waals surface area contributed by atoms with Gasteiger partial charge in [0.05, 0.1) is 35.0 Å². The number of carbonyl (C=O) groups excluding carboxylic acids is 5. The van der Waals surface area contributed by atoms with E-state index in [0.29, 0.717) is 39.6 Å². The molecule has 1 saturated carbocycles. The number of likely N-dealkylation sites (N-methyl/N-ethyl adjacent to an activating group) is 1. The number of piperidine rings is 3. The van der Waals surface area contributed by atoms with Crippen LogP contribution in [-0.2, 0) is 19.1 Å². The van der Waals surface area contributed by atoms with Crippen molar-refractivity contribution in [3.05, 3.63) is 75.2 Å². The molecule has 4 aromatic rings. The second kappa shape index (κ2) is 18.4. The van der Waals surface area contributed by atoms with Gasteiger partial charge in [-0.2, -0.15) is 4.98 Å². The minimum absolute atomic E-state index is 0.0894. The van der Waals surface area contributed by atoms with Crippen molar-refractivity contribution >= 4 is 75.2 Å². The number of nitrogens with zero attached hydrogens (tertiary/aromatic N) is 7. The molecule has 2 aromatic heterocycles. The van der Waals surface area contributed by atoms with Crippen LogP contribution in [0.15, 0.2) is 53.5 Å². The van der Waals surface area contributed by atoms with E-state index in [2.05, 4.69) is 35.6 Å². The van der Waals surface area contributed by atoms with Crippen LogP contribution in [0.3, 0.4) is 0 Å². The molecule has 2 aromatic carbocycles. The summed E-state index contributed by atoms with van der Waals surface area (Å²) in [5, 5.41) is 9.23. The van der Waals surface area contributed by atoms with Crippen LogP contribution < -0.4 is 36.0 Å². The minimum Gasteiger partial charge on any atom is -0.478 e. The molecule has 7 heterocycles. The molecular formula is C49H57ClN10O8. The summed E-state index contributed by atoms with van der Waals surface area (Å²) in [6.07, 6.45) is 9.35. The molecule has 2 atom stereocenters. The SMILES string of the molecule is CNC(=O)COc1cc2cc(Nc3nc(N4CCC(OC5CC(N6CCC[C@@]7(CCN(c8ccc9c(c8)C(=O)N([C@@H]8CCC(=O)NC8=O)C9=O)C7)C6)C5)CC4)ncc3Cl)ccc2n(C(C)C)c1=O. The molecule has 5 amide bonds. The van der Waals surface area contributed by atoms with Crippen molar-refractivity contribution in [3.8, 4) is 5.75 Å². The Morgan fingerprint density at radius 3 is 2.47 bits per heavy atom. The highest BCUT2D eigenvalue weighted by atomic mass is 35.5. The highest BCUT2D eigenvalue weighted by Crippen LogP contribution is 2.44. The molecule has 19 heteroatoms. The van der Waals surface area contributed by atoms with Crippen molar-refractivity contribution in [3.63, 3.8) is 0 Å². The maximum absolute atomic E-state index is 13.5. The van der Waals surface area contributed by atoms with Gasteiger partial charge in [0.2, 0.25) is 17.8 Å². The van der Waals surface area contributed by atoms with E-state index in [1.165, 1.54) is 7.05 Å². The molecule has 68 heavy (non-hydrogen) atoms. The standard InChI is InChI=1S/C49H57ClN10O8/c1-28(2)59-38-8-5-30(19-29(38)20-40(47(59)66)67-25-42(62)51-3)53-43-37(50)24-52-48(55-43)56-16-11-33(12-17-56)68-34-21-32(22-34)57-15-4-13-49(26-57)14-18-58(27-49)31-6-7-35-36(23-31)46(65)60(45(35)64)39-9-10-41(61)54-44(39)63/h5-8,19-20,23-24,28,32-34,39H,4,9-18,21-22,25-27H2,1-3H3,(H,51,62)(H,52,53,55)(H,54,61,63)/t32?,34?,39-,49-/m1/s1. The van der Waals surface area contributed by atoms with E-state index < -0.39 is 29.7 Å². The van der Waals surface area contributed by atoms with Crippen LogP contribution in [0.1, 0.15) is 98.4 Å². The quantitative estimate of drug-likeness (QED) is 0.164. The van der Waals surface area contributed by atoms with E-state index in [-0.39, 0.29) is 60.3 Å². The van der Waals surface area contributed by atoms with E-state index in [1.807, 2.05) is 44.2 Å². The van der Waals surface area contributed by atoms with Crippen molar-refractivity contribution in [2.24, 2.45) is 5.41 Å². The third-order valence-electron chi connectivity index (χ3n) is 14.8. The maximum Gasteiger partial charge on any atom is 0.293 e. The summed E-state index contributed by atoms with van der Waals surface area (Å²) in [4.78, 5) is 93.8. The molecule has 5 aliphatic heterocycles. The van der Waals surface area contributed by atoms with Gasteiger partial charge in [-0.15, -0.1) is 0 Å². The number of ether oxygens (including phenoxy) is 2. The second-order valence-corrected chi connectivity index (χ2v) is 19.9. The summed E-state index contributed by atoms with van der Waals surface area (Å²) >= 11 is 6.62. The molecule has 0 unspecified atom stereocenters. The summed E-state index contributed by atoms with van der Waals surface area (Å²) in [6, 6.07) is 12.1. The van der Waals surface area contributed by atoms with Crippen molar-refractivity contribution in [2.75, 3.05) is 68.0 Å². The third-order valence-corrected chi connectivity index (χ3v) is 15.0. The Bertz CT molecular complexity index is 2750. The number of anilines is 4.